The maximum absolute atomic E-state index is 5.95. The van der Waals surface area contributed by atoms with E-state index >= 15 is 0 Å². The molecule has 2 aromatic carbocycles. The van der Waals surface area contributed by atoms with Gasteiger partial charge >= 0.3 is 0 Å². The number of aromatic nitrogens is 1. The van der Waals surface area contributed by atoms with Gasteiger partial charge in [0, 0.05) is 16.9 Å². The molecule has 0 radical (unpaired) electrons. The number of hydrogen-bond donors (Lipinski definition) is 2. The van der Waals surface area contributed by atoms with Crippen LogP contribution in [0.2, 0.25) is 0 Å². The molecule has 1 aromatic heterocycles. The van der Waals surface area contributed by atoms with Crippen molar-refractivity contribution in [3.8, 4) is 11.5 Å². The Morgan fingerprint density at radius 2 is 1.80 bits per heavy atom. The van der Waals surface area contributed by atoms with Gasteiger partial charge in [-0.1, -0.05) is 13.0 Å². The summed E-state index contributed by atoms with van der Waals surface area (Å²) in [7, 11) is 0. The van der Waals surface area contributed by atoms with Gasteiger partial charge in [0.05, 0.1) is 0 Å². The van der Waals surface area contributed by atoms with Crippen molar-refractivity contribution in [2.75, 3.05) is 11.5 Å². The van der Waals surface area contributed by atoms with Crippen molar-refractivity contribution < 1.29 is 4.42 Å². The van der Waals surface area contributed by atoms with Crippen molar-refractivity contribution in [2.24, 2.45) is 0 Å². The van der Waals surface area contributed by atoms with Crippen LogP contribution in [-0.2, 0) is 6.42 Å². The molecule has 0 atom stereocenters. The fraction of sp³-hybridized carbons (Fsp3) is 0.188. The zero-order chi connectivity index (χ0) is 14.3. The van der Waals surface area contributed by atoms with Crippen molar-refractivity contribution in [3.05, 3.63) is 41.5 Å². The van der Waals surface area contributed by atoms with Gasteiger partial charge in [-0.2, -0.15) is 0 Å². The highest BCUT2D eigenvalue weighted by molar-refractivity contribution is 5.79. The van der Waals surface area contributed by atoms with Crippen LogP contribution in [0.25, 0.3) is 22.6 Å². The molecule has 102 valence electrons. The molecule has 0 aliphatic heterocycles. The number of nitrogens with two attached hydrogens (primary N) is 2. The van der Waals surface area contributed by atoms with E-state index in [0.717, 1.165) is 28.6 Å². The summed E-state index contributed by atoms with van der Waals surface area (Å²) in [5, 5.41) is 0. The number of anilines is 2. The van der Waals surface area contributed by atoms with Crippen LogP contribution < -0.4 is 11.5 Å². The number of nitrogens with zero attached hydrogens (tertiary/aromatic N) is 1. The van der Waals surface area contributed by atoms with E-state index < -0.39 is 0 Å². The van der Waals surface area contributed by atoms with Crippen LogP contribution >= 0.6 is 0 Å². The Morgan fingerprint density at radius 1 is 1.10 bits per heavy atom. The lowest BCUT2D eigenvalue weighted by Gasteiger charge is -2.05. The minimum atomic E-state index is 0.548. The van der Waals surface area contributed by atoms with Gasteiger partial charge in [0.15, 0.2) is 5.58 Å². The molecule has 3 aromatic rings. The van der Waals surface area contributed by atoms with Gasteiger partial charge in [0.1, 0.15) is 5.52 Å². The molecule has 0 unspecified atom stereocenters. The van der Waals surface area contributed by atoms with Crippen molar-refractivity contribution in [1.82, 2.24) is 4.98 Å². The van der Waals surface area contributed by atoms with E-state index in [1.54, 1.807) is 0 Å². The summed E-state index contributed by atoms with van der Waals surface area (Å²) < 4.78 is 5.78. The molecule has 0 saturated heterocycles. The molecule has 1 heterocycles. The van der Waals surface area contributed by atoms with Gasteiger partial charge in [-0.3, -0.25) is 0 Å². The van der Waals surface area contributed by atoms with Crippen molar-refractivity contribution in [2.45, 2.75) is 20.3 Å². The lowest BCUT2D eigenvalue weighted by Crippen LogP contribution is -1.96. The summed E-state index contributed by atoms with van der Waals surface area (Å²) >= 11 is 0. The van der Waals surface area contributed by atoms with Crippen LogP contribution in [-0.4, -0.2) is 4.98 Å². The first-order valence-electron chi connectivity index (χ1n) is 6.64. The number of benzene rings is 2. The molecule has 0 saturated carbocycles. The van der Waals surface area contributed by atoms with Gasteiger partial charge < -0.3 is 15.9 Å². The normalized spacial score (nSPS) is 11.1. The van der Waals surface area contributed by atoms with E-state index in [2.05, 4.69) is 18.0 Å². The molecule has 0 spiro atoms. The van der Waals surface area contributed by atoms with E-state index in [4.69, 9.17) is 15.9 Å². The second-order valence-electron chi connectivity index (χ2n) is 4.95. The third kappa shape index (κ3) is 1.99. The highest BCUT2D eigenvalue weighted by Gasteiger charge is 2.11. The minimum Gasteiger partial charge on any atom is -0.436 e. The second kappa shape index (κ2) is 4.56. The van der Waals surface area contributed by atoms with Gasteiger partial charge in [-0.05, 0) is 48.7 Å². The van der Waals surface area contributed by atoms with E-state index in [1.165, 1.54) is 5.56 Å². The van der Waals surface area contributed by atoms with E-state index in [0.29, 0.717) is 17.3 Å². The Morgan fingerprint density at radius 3 is 2.45 bits per heavy atom. The molecule has 0 amide bonds. The number of aryl methyl sites for hydroxylation is 1. The van der Waals surface area contributed by atoms with Crippen molar-refractivity contribution >= 4 is 22.5 Å². The van der Waals surface area contributed by atoms with Gasteiger partial charge in [0.25, 0.3) is 0 Å². The first-order chi connectivity index (χ1) is 9.58. The van der Waals surface area contributed by atoms with Crippen LogP contribution in [0.1, 0.15) is 18.1 Å². The SMILES string of the molecule is CCc1ccc2oc(-c3cc(N)c(C)c(N)c3)nc2c1. The molecular weight excluding hydrogens is 250 g/mol. The summed E-state index contributed by atoms with van der Waals surface area (Å²) in [4.78, 5) is 4.53. The van der Waals surface area contributed by atoms with Crippen LogP contribution in [0.4, 0.5) is 11.4 Å². The fourth-order valence-corrected chi connectivity index (χ4v) is 2.20. The molecule has 3 rings (SSSR count). The molecule has 20 heavy (non-hydrogen) atoms. The third-order valence-corrected chi connectivity index (χ3v) is 3.60. The molecule has 0 aliphatic carbocycles. The van der Waals surface area contributed by atoms with E-state index in [1.807, 2.05) is 31.2 Å². The Bertz CT molecular complexity index is 767. The smallest absolute Gasteiger partial charge is 0.227 e. The lowest BCUT2D eigenvalue weighted by molar-refractivity contribution is 0.620. The zero-order valence-electron chi connectivity index (χ0n) is 11.6. The molecule has 0 fully saturated rings. The summed E-state index contributed by atoms with van der Waals surface area (Å²) in [5.41, 5.74) is 17.8. The molecule has 0 aliphatic rings. The third-order valence-electron chi connectivity index (χ3n) is 3.60. The summed E-state index contributed by atoms with van der Waals surface area (Å²) in [6.45, 7) is 4.01. The average Bonchev–Trinajstić information content (AvgIpc) is 2.86. The quantitative estimate of drug-likeness (QED) is 0.696. The number of nitrogen functional groups attached to an aromatic ring is 2. The second-order valence-corrected chi connectivity index (χ2v) is 4.95. The predicted molar refractivity (Wildman–Crippen MR) is 82.4 cm³/mol. The van der Waals surface area contributed by atoms with Crippen LogP contribution in [0.3, 0.4) is 0 Å². The number of rotatable bonds is 2. The highest BCUT2D eigenvalue weighted by atomic mass is 16.3. The summed E-state index contributed by atoms with van der Waals surface area (Å²) in [5.74, 6) is 0.548. The minimum absolute atomic E-state index is 0.548. The predicted octanol–water partition coefficient (Wildman–Crippen LogP) is 3.53. The molecule has 4 heteroatoms. The van der Waals surface area contributed by atoms with Gasteiger partial charge in [0.2, 0.25) is 5.89 Å². The number of fused-ring (bicyclic) bond motifs is 1. The first-order valence-corrected chi connectivity index (χ1v) is 6.64. The van der Waals surface area contributed by atoms with Crippen LogP contribution in [0.5, 0.6) is 0 Å². The topological polar surface area (TPSA) is 78.1 Å². The molecular formula is C16H17N3O. The average molecular weight is 267 g/mol. The molecule has 0 bridgehead atoms. The monoisotopic (exact) mass is 267 g/mol. The summed E-state index contributed by atoms with van der Waals surface area (Å²) in [6, 6.07) is 9.73. The van der Waals surface area contributed by atoms with Crippen LogP contribution in [0, 0.1) is 6.92 Å². The number of hydrogen-bond acceptors (Lipinski definition) is 4. The first kappa shape index (κ1) is 12.5. The lowest BCUT2D eigenvalue weighted by atomic mass is 10.1. The Labute approximate surface area is 117 Å². The fourth-order valence-electron chi connectivity index (χ4n) is 2.20. The van der Waals surface area contributed by atoms with Gasteiger partial charge in [-0.15, -0.1) is 0 Å². The van der Waals surface area contributed by atoms with Crippen molar-refractivity contribution in [1.29, 1.82) is 0 Å². The zero-order valence-corrected chi connectivity index (χ0v) is 11.6. The van der Waals surface area contributed by atoms with E-state index in [-0.39, 0.29) is 0 Å². The highest BCUT2D eigenvalue weighted by Crippen LogP contribution is 2.30. The number of oxazole rings is 1. The molecule has 4 nitrogen and oxygen atoms in total. The summed E-state index contributed by atoms with van der Waals surface area (Å²) in [6.07, 6.45) is 0.975. The maximum atomic E-state index is 5.95. The van der Waals surface area contributed by atoms with E-state index in [9.17, 15) is 0 Å². The largest absolute Gasteiger partial charge is 0.436 e. The van der Waals surface area contributed by atoms with Crippen molar-refractivity contribution in [3.63, 3.8) is 0 Å². The standard InChI is InChI=1S/C16H17N3O/c1-3-10-4-5-15-14(6-10)19-16(20-15)11-7-12(17)9(2)13(18)8-11/h4-8H,3,17-18H2,1-2H3. The maximum Gasteiger partial charge on any atom is 0.227 e. The Balaban J connectivity index is 2.14. The Kier molecular flexibility index (Phi) is 2.86. The Hall–Kier alpha value is -2.49. The van der Waals surface area contributed by atoms with Gasteiger partial charge in [-0.25, -0.2) is 4.98 Å². The molecule has 4 N–H and O–H groups in total. The van der Waals surface area contributed by atoms with Crippen LogP contribution in [0.15, 0.2) is 34.7 Å².